The Hall–Kier alpha value is -1.05. The highest BCUT2D eigenvalue weighted by Crippen LogP contribution is 2.30. The number of hydrogen-bond acceptors (Lipinski definition) is 4. The van der Waals surface area contributed by atoms with Gasteiger partial charge in [-0.2, -0.15) is 4.31 Å². The second kappa shape index (κ2) is 8.76. The monoisotopic (exact) mass is 422 g/mol. The zero-order chi connectivity index (χ0) is 19.6. The number of carbonyl (C=O) groups excluding carboxylic acids is 1. The number of fused-ring (bicyclic) bond motifs is 1. The first-order valence-electron chi connectivity index (χ1n) is 10.6. The van der Waals surface area contributed by atoms with E-state index >= 15 is 0 Å². The van der Waals surface area contributed by atoms with E-state index in [1.807, 2.05) is 17.0 Å². The molecular weight excluding hydrogens is 392 g/mol. The molecule has 0 aromatic heterocycles. The lowest BCUT2D eigenvalue weighted by Gasteiger charge is -2.34. The topological polar surface area (TPSA) is 57.7 Å². The molecule has 0 radical (unpaired) electrons. The Bertz CT molecular complexity index is 811. The van der Waals surface area contributed by atoms with Crippen molar-refractivity contribution in [1.82, 2.24) is 9.21 Å². The number of rotatable bonds is 5. The number of sulfonamides is 1. The molecule has 7 heteroatoms. The molecule has 0 bridgehead atoms. The summed E-state index contributed by atoms with van der Waals surface area (Å²) < 4.78 is 27.7. The van der Waals surface area contributed by atoms with E-state index in [1.54, 1.807) is 22.1 Å². The van der Waals surface area contributed by atoms with E-state index < -0.39 is 10.0 Å². The Kier molecular flexibility index (Phi) is 6.33. The lowest BCUT2D eigenvalue weighted by atomic mass is 9.92. The first-order chi connectivity index (χ1) is 13.5. The lowest BCUT2D eigenvalue weighted by Crippen LogP contribution is -2.51. The molecule has 1 aromatic rings. The van der Waals surface area contributed by atoms with Crippen LogP contribution in [-0.4, -0.2) is 60.7 Å². The van der Waals surface area contributed by atoms with Crippen molar-refractivity contribution >= 4 is 27.7 Å². The van der Waals surface area contributed by atoms with Crippen LogP contribution < -0.4 is 0 Å². The molecule has 1 aromatic carbocycles. The summed E-state index contributed by atoms with van der Waals surface area (Å²) in [5.41, 5.74) is 2.48. The number of hydrogen-bond donors (Lipinski definition) is 0. The maximum absolute atomic E-state index is 13.1. The van der Waals surface area contributed by atoms with E-state index in [-0.39, 0.29) is 5.91 Å². The van der Waals surface area contributed by atoms with Gasteiger partial charge in [-0.3, -0.25) is 4.79 Å². The molecular formula is C21H30N2O3S2. The molecule has 2 fully saturated rings. The van der Waals surface area contributed by atoms with Crippen molar-refractivity contribution in [3.63, 3.8) is 0 Å². The van der Waals surface area contributed by atoms with Crippen molar-refractivity contribution in [1.29, 1.82) is 0 Å². The lowest BCUT2D eigenvalue weighted by molar-refractivity contribution is -0.129. The maximum atomic E-state index is 13.1. The molecule has 0 unspecified atom stereocenters. The van der Waals surface area contributed by atoms with E-state index in [1.165, 1.54) is 43.2 Å². The third-order valence-corrected chi connectivity index (χ3v) is 9.54. The van der Waals surface area contributed by atoms with Crippen LogP contribution >= 0.6 is 11.8 Å². The summed E-state index contributed by atoms with van der Waals surface area (Å²) in [6.45, 7) is 1.76. The highest BCUT2D eigenvalue weighted by Gasteiger charge is 2.31. The van der Waals surface area contributed by atoms with Gasteiger partial charge in [0.25, 0.3) is 0 Å². The van der Waals surface area contributed by atoms with Crippen molar-refractivity contribution in [3.8, 4) is 0 Å². The molecule has 28 heavy (non-hydrogen) atoms. The summed E-state index contributed by atoms with van der Waals surface area (Å²) in [5, 5.41) is 0.634. The van der Waals surface area contributed by atoms with Crippen molar-refractivity contribution in [2.45, 2.75) is 61.5 Å². The highest BCUT2D eigenvalue weighted by molar-refractivity contribution is 8.00. The van der Waals surface area contributed by atoms with Gasteiger partial charge in [-0.1, -0.05) is 18.9 Å². The minimum atomic E-state index is -3.48. The van der Waals surface area contributed by atoms with Gasteiger partial charge >= 0.3 is 0 Å². The van der Waals surface area contributed by atoms with Crippen LogP contribution in [0.25, 0.3) is 0 Å². The van der Waals surface area contributed by atoms with Crippen LogP contribution in [0.15, 0.2) is 23.1 Å². The molecule has 1 aliphatic heterocycles. The Balaban J connectivity index is 1.34. The smallest absolute Gasteiger partial charge is 0.243 e. The number of thioether (sulfide) groups is 1. The summed E-state index contributed by atoms with van der Waals surface area (Å²) in [6, 6.07) is 5.62. The maximum Gasteiger partial charge on any atom is 0.243 e. The molecule has 0 N–H and O–H groups in total. The molecule has 154 valence electrons. The number of nitrogens with zero attached hydrogens (tertiary/aromatic N) is 2. The first-order valence-corrected chi connectivity index (χ1v) is 13.0. The second-order valence-electron chi connectivity index (χ2n) is 8.14. The largest absolute Gasteiger partial charge is 0.339 e. The normalized spacial score (nSPS) is 21.6. The van der Waals surface area contributed by atoms with Gasteiger partial charge in [-0.25, -0.2) is 8.42 Å². The van der Waals surface area contributed by atoms with Crippen LogP contribution in [0.1, 0.15) is 49.7 Å². The summed E-state index contributed by atoms with van der Waals surface area (Å²) in [5.74, 6) is 0.685. The van der Waals surface area contributed by atoms with Gasteiger partial charge in [0.1, 0.15) is 0 Å². The second-order valence-corrected chi connectivity index (χ2v) is 11.4. The molecule has 3 aliphatic rings. The third kappa shape index (κ3) is 4.41. The predicted octanol–water partition coefficient (Wildman–Crippen LogP) is 3.07. The Morgan fingerprint density at radius 3 is 2.36 bits per heavy atom. The number of aryl methyl sites for hydroxylation is 2. The fraction of sp³-hybridized carbons (Fsp3) is 0.667. The molecule has 4 rings (SSSR count). The SMILES string of the molecule is O=C(CSC1CCCC1)N1CCN(S(=O)(=O)c2ccc3c(c2)CCCC3)CC1. The molecule has 2 aliphatic carbocycles. The summed E-state index contributed by atoms with van der Waals surface area (Å²) in [4.78, 5) is 14.7. The third-order valence-electron chi connectivity index (χ3n) is 6.29. The standard InChI is InChI=1S/C21H30N2O3S2/c24-21(16-27-19-7-3-4-8-19)22-11-13-23(14-12-22)28(25,26)20-10-9-17-5-1-2-6-18(17)15-20/h9-10,15,19H,1-8,11-14,16H2. The molecule has 0 spiro atoms. The predicted molar refractivity (Wildman–Crippen MR) is 113 cm³/mol. The summed E-state index contributed by atoms with van der Waals surface area (Å²) >= 11 is 1.78. The zero-order valence-electron chi connectivity index (χ0n) is 16.4. The fourth-order valence-electron chi connectivity index (χ4n) is 4.53. The van der Waals surface area contributed by atoms with Gasteiger partial charge in [-0.15, -0.1) is 11.8 Å². The van der Waals surface area contributed by atoms with Gasteiger partial charge < -0.3 is 4.90 Å². The van der Waals surface area contributed by atoms with Gasteiger partial charge in [0.2, 0.25) is 15.9 Å². The summed E-state index contributed by atoms with van der Waals surface area (Å²) in [7, 11) is -3.48. The minimum absolute atomic E-state index is 0.155. The van der Waals surface area contributed by atoms with E-state index in [0.29, 0.717) is 42.1 Å². The molecule has 1 heterocycles. The number of amides is 1. The molecule has 0 atom stereocenters. The van der Waals surface area contributed by atoms with Crippen molar-refractivity contribution in [2.75, 3.05) is 31.9 Å². The number of piperazine rings is 1. The molecule has 5 nitrogen and oxygen atoms in total. The fourth-order valence-corrected chi connectivity index (χ4v) is 7.23. The highest BCUT2D eigenvalue weighted by atomic mass is 32.2. The number of benzene rings is 1. The molecule has 1 amide bonds. The van der Waals surface area contributed by atoms with Gasteiger partial charge in [-0.05, 0) is 61.8 Å². The van der Waals surface area contributed by atoms with Gasteiger partial charge in [0, 0.05) is 31.4 Å². The van der Waals surface area contributed by atoms with Crippen LogP contribution in [0.2, 0.25) is 0 Å². The average molecular weight is 423 g/mol. The zero-order valence-corrected chi connectivity index (χ0v) is 18.1. The van der Waals surface area contributed by atoms with Crippen LogP contribution in [0, 0.1) is 0 Å². The van der Waals surface area contributed by atoms with Crippen LogP contribution in [0.5, 0.6) is 0 Å². The molecule has 1 saturated heterocycles. The molecule has 1 saturated carbocycles. The Morgan fingerprint density at radius 1 is 0.964 bits per heavy atom. The first kappa shape index (κ1) is 20.2. The van der Waals surface area contributed by atoms with E-state index in [2.05, 4.69) is 0 Å². The van der Waals surface area contributed by atoms with E-state index in [0.717, 1.165) is 19.3 Å². The Labute approximate surface area is 172 Å². The van der Waals surface area contributed by atoms with Crippen molar-refractivity contribution in [2.24, 2.45) is 0 Å². The Morgan fingerprint density at radius 2 is 1.64 bits per heavy atom. The van der Waals surface area contributed by atoms with E-state index in [9.17, 15) is 13.2 Å². The van der Waals surface area contributed by atoms with Crippen LogP contribution in [0.4, 0.5) is 0 Å². The number of carbonyl (C=O) groups is 1. The van der Waals surface area contributed by atoms with E-state index in [4.69, 9.17) is 0 Å². The van der Waals surface area contributed by atoms with Crippen LogP contribution in [0.3, 0.4) is 0 Å². The van der Waals surface area contributed by atoms with Crippen LogP contribution in [-0.2, 0) is 27.7 Å². The van der Waals surface area contributed by atoms with Crippen molar-refractivity contribution < 1.29 is 13.2 Å². The summed E-state index contributed by atoms with van der Waals surface area (Å²) in [6.07, 6.45) is 9.37. The quantitative estimate of drug-likeness (QED) is 0.732. The van der Waals surface area contributed by atoms with Gasteiger partial charge in [0.15, 0.2) is 0 Å². The van der Waals surface area contributed by atoms with Crippen molar-refractivity contribution in [3.05, 3.63) is 29.3 Å². The van der Waals surface area contributed by atoms with Gasteiger partial charge in [0.05, 0.1) is 10.6 Å². The minimum Gasteiger partial charge on any atom is -0.339 e. The average Bonchev–Trinajstić information content (AvgIpc) is 3.25.